The number of furan rings is 1. The van der Waals surface area contributed by atoms with Crippen molar-refractivity contribution >= 4 is 0 Å². The van der Waals surface area contributed by atoms with E-state index in [-0.39, 0.29) is 17.6 Å². The highest BCUT2D eigenvalue weighted by molar-refractivity contribution is 5.02. The van der Waals surface area contributed by atoms with Gasteiger partial charge in [0.15, 0.2) is 0 Å². The maximum absolute atomic E-state index is 6.20. The van der Waals surface area contributed by atoms with Crippen LogP contribution in [0, 0.1) is 5.41 Å². The normalized spacial score (nSPS) is 16.1. The lowest BCUT2D eigenvalue weighted by atomic mass is 9.83. The second-order valence-electron chi connectivity index (χ2n) is 5.19. The summed E-state index contributed by atoms with van der Waals surface area (Å²) in [5.74, 6) is 0.918. The minimum absolute atomic E-state index is 0.0360. The third kappa shape index (κ3) is 3.65. The van der Waals surface area contributed by atoms with Gasteiger partial charge in [0.25, 0.3) is 0 Å². The first-order valence-corrected chi connectivity index (χ1v) is 5.84. The van der Waals surface area contributed by atoms with Crippen molar-refractivity contribution in [1.29, 1.82) is 0 Å². The topological polar surface area (TPSA) is 48.4 Å². The molecular formula is C13H23NO2. The Hall–Kier alpha value is -0.800. The molecule has 92 valence electrons. The third-order valence-corrected chi connectivity index (χ3v) is 2.61. The first-order chi connectivity index (χ1) is 7.45. The smallest absolute Gasteiger partial charge is 0.105 e. The molecule has 0 bridgehead atoms. The molecule has 0 radical (unpaired) electrons. The molecule has 3 nitrogen and oxygen atoms in total. The zero-order chi connectivity index (χ0) is 12.2. The average Bonchev–Trinajstić information content (AvgIpc) is 2.64. The number of hydrogen-bond acceptors (Lipinski definition) is 3. The van der Waals surface area contributed by atoms with Crippen molar-refractivity contribution in [3.05, 3.63) is 24.2 Å². The SMILES string of the molecule is CCOC(C(N)Cc1ccco1)C(C)(C)C. The fraction of sp³-hybridized carbons (Fsp3) is 0.692. The van der Waals surface area contributed by atoms with E-state index < -0.39 is 0 Å². The Balaban J connectivity index is 2.64. The molecule has 3 heteroatoms. The molecule has 0 aliphatic carbocycles. The summed E-state index contributed by atoms with van der Waals surface area (Å²) in [7, 11) is 0. The van der Waals surface area contributed by atoms with Crippen LogP contribution in [0.25, 0.3) is 0 Å². The van der Waals surface area contributed by atoms with Crippen LogP contribution < -0.4 is 5.73 Å². The lowest BCUT2D eigenvalue weighted by Gasteiger charge is -2.34. The predicted molar refractivity (Wildman–Crippen MR) is 65.3 cm³/mol. The predicted octanol–water partition coefficient (Wildman–Crippen LogP) is 2.60. The molecule has 1 rings (SSSR count). The minimum Gasteiger partial charge on any atom is -0.469 e. The first kappa shape index (κ1) is 13.3. The maximum atomic E-state index is 6.20. The Kier molecular flexibility index (Phi) is 4.56. The van der Waals surface area contributed by atoms with Gasteiger partial charge in [-0.05, 0) is 24.5 Å². The molecule has 0 fully saturated rings. The average molecular weight is 225 g/mol. The van der Waals surface area contributed by atoms with Crippen molar-refractivity contribution in [2.24, 2.45) is 11.1 Å². The molecule has 0 aliphatic heterocycles. The van der Waals surface area contributed by atoms with Crippen LogP contribution in [0.5, 0.6) is 0 Å². The van der Waals surface area contributed by atoms with Crippen molar-refractivity contribution in [2.45, 2.75) is 46.3 Å². The van der Waals surface area contributed by atoms with Crippen LogP contribution in [0.1, 0.15) is 33.5 Å². The highest BCUT2D eigenvalue weighted by Gasteiger charge is 2.31. The molecule has 0 saturated heterocycles. The van der Waals surface area contributed by atoms with Gasteiger partial charge in [0.05, 0.1) is 12.4 Å². The molecule has 0 spiro atoms. The van der Waals surface area contributed by atoms with E-state index in [4.69, 9.17) is 14.9 Å². The van der Waals surface area contributed by atoms with E-state index in [2.05, 4.69) is 20.8 Å². The van der Waals surface area contributed by atoms with Crippen LogP contribution in [0.3, 0.4) is 0 Å². The largest absolute Gasteiger partial charge is 0.469 e. The summed E-state index contributed by atoms with van der Waals surface area (Å²) in [4.78, 5) is 0. The molecule has 1 aromatic heterocycles. The van der Waals surface area contributed by atoms with E-state index in [1.54, 1.807) is 6.26 Å². The zero-order valence-electron chi connectivity index (χ0n) is 10.7. The lowest BCUT2D eigenvalue weighted by molar-refractivity contribution is -0.0282. The third-order valence-electron chi connectivity index (χ3n) is 2.61. The Morgan fingerprint density at radius 1 is 1.44 bits per heavy atom. The highest BCUT2D eigenvalue weighted by atomic mass is 16.5. The maximum Gasteiger partial charge on any atom is 0.105 e. The van der Waals surface area contributed by atoms with Gasteiger partial charge < -0.3 is 14.9 Å². The van der Waals surface area contributed by atoms with Crippen molar-refractivity contribution in [3.8, 4) is 0 Å². The Morgan fingerprint density at radius 2 is 2.12 bits per heavy atom. The first-order valence-electron chi connectivity index (χ1n) is 5.84. The molecule has 0 saturated carbocycles. The monoisotopic (exact) mass is 225 g/mol. The van der Waals surface area contributed by atoms with E-state index in [1.807, 2.05) is 19.1 Å². The van der Waals surface area contributed by atoms with Crippen LogP contribution in [0.15, 0.2) is 22.8 Å². The van der Waals surface area contributed by atoms with Gasteiger partial charge in [-0.1, -0.05) is 20.8 Å². The second-order valence-corrected chi connectivity index (χ2v) is 5.19. The lowest BCUT2D eigenvalue weighted by Crippen LogP contribution is -2.46. The van der Waals surface area contributed by atoms with Gasteiger partial charge in [-0.25, -0.2) is 0 Å². The summed E-state index contributed by atoms with van der Waals surface area (Å²) >= 11 is 0. The van der Waals surface area contributed by atoms with Crippen LogP contribution in [-0.4, -0.2) is 18.8 Å². The van der Waals surface area contributed by atoms with Crippen molar-refractivity contribution in [3.63, 3.8) is 0 Å². The van der Waals surface area contributed by atoms with Crippen LogP contribution in [0.4, 0.5) is 0 Å². The molecule has 0 aromatic carbocycles. The van der Waals surface area contributed by atoms with E-state index in [0.717, 1.165) is 12.2 Å². The van der Waals surface area contributed by atoms with Gasteiger partial charge >= 0.3 is 0 Å². The van der Waals surface area contributed by atoms with E-state index >= 15 is 0 Å². The molecule has 1 aromatic rings. The molecule has 1 heterocycles. The van der Waals surface area contributed by atoms with Gasteiger partial charge in [0.1, 0.15) is 5.76 Å². The summed E-state index contributed by atoms with van der Waals surface area (Å²) < 4.78 is 11.1. The zero-order valence-corrected chi connectivity index (χ0v) is 10.7. The fourth-order valence-electron chi connectivity index (χ4n) is 1.96. The van der Waals surface area contributed by atoms with Gasteiger partial charge in [0.2, 0.25) is 0 Å². The molecule has 16 heavy (non-hydrogen) atoms. The van der Waals surface area contributed by atoms with Crippen molar-refractivity contribution in [1.82, 2.24) is 0 Å². The summed E-state index contributed by atoms with van der Waals surface area (Å²) in [6.07, 6.45) is 2.44. The molecule has 2 unspecified atom stereocenters. The van der Waals surface area contributed by atoms with Crippen LogP contribution >= 0.6 is 0 Å². The second kappa shape index (κ2) is 5.51. The standard InChI is InChI=1S/C13H23NO2/c1-5-15-12(13(2,3)4)11(14)9-10-7-6-8-16-10/h6-8,11-12H,5,9,14H2,1-4H3. The van der Waals surface area contributed by atoms with Crippen molar-refractivity contribution < 1.29 is 9.15 Å². The Bertz CT molecular complexity index is 287. The number of hydrogen-bond donors (Lipinski definition) is 1. The summed E-state index contributed by atoms with van der Waals surface area (Å²) in [5, 5.41) is 0. The molecule has 2 N–H and O–H groups in total. The Morgan fingerprint density at radius 3 is 2.56 bits per heavy atom. The number of ether oxygens (including phenoxy) is 1. The van der Waals surface area contributed by atoms with Crippen LogP contribution in [0.2, 0.25) is 0 Å². The van der Waals surface area contributed by atoms with Gasteiger partial charge in [0, 0.05) is 19.1 Å². The van der Waals surface area contributed by atoms with E-state index in [0.29, 0.717) is 6.61 Å². The number of rotatable bonds is 5. The highest BCUT2D eigenvalue weighted by Crippen LogP contribution is 2.25. The Labute approximate surface area is 98.0 Å². The van der Waals surface area contributed by atoms with Crippen molar-refractivity contribution in [2.75, 3.05) is 6.61 Å². The minimum atomic E-state index is -0.0360. The van der Waals surface area contributed by atoms with Gasteiger partial charge in [-0.3, -0.25) is 0 Å². The summed E-state index contributed by atoms with van der Waals surface area (Å²) in [5.41, 5.74) is 6.24. The molecule has 2 atom stereocenters. The van der Waals surface area contributed by atoms with Gasteiger partial charge in [-0.2, -0.15) is 0 Å². The molecule has 0 aliphatic rings. The molecule has 0 amide bonds. The summed E-state index contributed by atoms with van der Waals surface area (Å²) in [6.45, 7) is 9.13. The van der Waals surface area contributed by atoms with Gasteiger partial charge in [-0.15, -0.1) is 0 Å². The van der Waals surface area contributed by atoms with Crippen LogP contribution in [-0.2, 0) is 11.2 Å². The quantitative estimate of drug-likeness (QED) is 0.838. The fourth-order valence-corrected chi connectivity index (χ4v) is 1.96. The molecular weight excluding hydrogens is 202 g/mol. The number of nitrogens with two attached hydrogens (primary N) is 1. The van der Waals surface area contributed by atoms with E-state index in [1.165, 1.54) is 0 Å². The van der Waals surface area contributed by atoms with E-state index in [9.17, 15) is 0 Å². The summed E-state index contributed by atoms with van der Waals surface area (Å²) in [6, 6.07) is 3.80.